The third-order valence-corrected chi connectivity index (χ3v) is 4.95. The molecule has 30 heavy (non-hydrogen) atoms. The van der Waals surface area contributed by atoms with Gasteiger partial charge in [-0.05, 0) is 55.2 Å². The van der Waals surface area contributed by atoms with Crippen molar-refractivity contribution >= 4 is 34.6 Å². The minimum Gasteiger partial charge on any atom is -0.265 e. The molecule has 0 N–H and O–H groups in total. The van der Waals surface area contributed by atoms with E-state index in [1.165, 1.54) is 30.3 Å². The van der Waals surface area contributed by atoms with E-state index in [1.807, 2.05) is 0 Å². The van der Waals surface area contributed by atoms with E-state index in [-0.39, 0.29) is 11.5 Å². The van der Waals surface area contributed by atoms with Crippen LogP contribution >= 0.6 is 16.5 Å². The molecule has 3 aromatic rings. The highest BCUT2D eigenvalue weighted by Crippen LogP contribution is 2.36. The van der Waals surface area contributed by atoms with E-state index in [0.717, 1.165) is 0 Å². The van der Waals surface area contributed by atoms with Crippen molar-refractivity contribution in [1.29, 1.82) is 0 Å². The molecule has 0 bridgehead atoms. The zero-order chi connectivity index (χ0) is 21.3. The van der Waals surface area contributed by atoms with Gasteiger partial charge in [0.2, 0.25) is 0 Å². The van der Waals surface area contributed by atoms with Crippen LogP contribution in [0.3, 0.4) is 0 Å². The molecule has 0 radical (unpaired) electrons. The van der Waals surface area contributed by atoms with E-state index >= 15 is 0 Å². The summed E-state index contributed by atoms with van der Waals surface area (Å²) in [5, 5.41) is 0. The fourth-order valence-electron chi connectivity index (χ4n) is 2.16. The monoisotopic (exact) mass is 440 g/mol. The van der Waals surface area contributed by atoms with Gasteiger partial charge in [0.25, 0.3) is 0 Å². The first-order valence-electron chi connectivity index (χ1n) is 8.36. The van der Waals surface area contributed by atoms with Crippen molar-refractivity contribution in [3.05, 3.63) is 84.2 Å². The average molecular weight is 440 g/mol. The van der Waals surface area contributed by atoms with Crippen LogP contribution in [0.1, 0.15) is 0 Å². The number of hydrogen-bond acceptors (Lipinski definition) is 7. The summed E-state index contributed by atoms with van der Waals surface area (Å²) >= 11 is 0. The van der Waals surface area contributed by atoms with Crippen LogP contribution in [0, 0.1) is 6.57 Å². The van der Waals surface area contributed by atoms with Gasteiger partial charge in [0.15, 0.2) is 28.7 Å². The first-order chi connectivity index (χ1) is 14.6. The summed E-state index contributed by atoms with van der Waals surface area (Å²) in [4.78, 5) is 7.02. The van der Waals surface area contributed by atoms with Crippen molar-refractivity contribution in [3.63, 3.8) is 0 Å². The molecule has 8 nitrogen and oxygen atoms in total. The Morgan fingerprint density at radius 1 is 0.733 bits per heavy atom. The molecule has 0 saturated heterocycles. The number of hydrogen-bond donors (Lipinski definition) is 0. The number of benzene rings is 3. The zero-order valence-corrected chi connectivity index (χ0v) is 17.2. The molecule has 3 aromatic carbocycles. The predicted octanol–water partition coefficient (Wildman–Crippen LogP) is 6.80. The molecule has 0 aliphatic carbocycles. The van der Waals surface area contributed by atoms with Gasteiger partial charge in [-0.3, -0.25) is 4.99 Å². The molecular formula is C20H14N2O6P2+2. The Morgan fingerprint density at radius 3 is 1.67 bits per heavy atom. The molecule has 148 valence electrons. The summed E-state index contributed by atoms with van der Waals surface area (Å²) in [6, 6.07) is 18.7. The van der Waals surface area contributed by atoms with Crippen molar-refractivity contribution in [2.45, 2.75) is 0 Å². The highest BCUT2D eigenvalue weighted by Gasteiger charge is 2.27. The maximum atomic E-state index is 12.1. The number of aliphatic imine (C=N–C) groups is 1. The van der Waals surface area contributed by atoms with E-state index in [0.29, 0.717) is 22.9 Å². The molecule has 10 heteroatoms. The highest BCUT2D eigenvalue weighted by molar-refractivity contribution is 7.34. The van der Waals surface area contributed by atoms with Crippen molar-refractivity contribution in [1.82, 2.24) is 0 Å². The molecule has 0 saturated carbocycles. The van der Waals surface area contributed by atoms with Gasteiger partial charge in [0, 0.05) is 15.2 Å². The maximum absolute atomic E-state index is 12.1. The number of nitrogens with zero attached hydrogens (tertiary/aromatic N) is 2. The zero-order valence-electron chi connectivity index (χ0n) is 15.4. The van der Waals surface area contributed by atoms with Crippen LogP contribution in [0.4, 0.5) is 11.4 Å². The molecule has 0 fully saturated rings. The first-order valence-corrected chi connectivity index (χ1v) is 10.6. The van der Waals surface area contributed by atoms with E-state index in [1.54, 1.807) is 42.5 Å². The lowest BCUT2D eigenvalue weighted by molar-refractivity contribution is 0.409. The van der Waals surface area contributed by atoms with Gasteiger partial charge >= 0.3 is 16.5 Å². The van der Waals surface area contributed by atoms with Crippen LogP contribution in [0.5, 0.6) is 23.0 Å². The van der Waals surface area contributed by atoms with Gasteiger partial charge < -0.3 is 0 Å². The molecule has 0 aliphatic rings. The summed E-state index contributed by atoms with van der Waals surface area (Å²) in [6.45, 7) is 10.3. The van der Waals surface area contributed by atoms with Gasteiger partial charge in [0.05, 0.1) is 12.3 Å². The molecule has 0 spiro atoms. The summed E-state index contributed by atoms with van der Waals surface area (Å²) in [7, 11) is -5.03. The standard InChI is InChI=1S/C20H14N2O6P2/c1-21-15-6-10-17(11-7-15)25-29(23)27-19-4-3-5-20(14-19)28-30(24)26-18-12-8-16(22-2)9-13-18/h3-14H,1H2/q+2. The molecule has 0 heterocycles. The fraction of sp³-hybridized carbons (Fsp3) is 0. The van der Waals surface area contributed by atoms with Gasteiger partial charge in [0.1, 0.15) is 0 Å². The molecule has 2 atom stereocenters. The average Bonchev–Trinajstić information content (AvgIpc) is 2.75. The van der Waals surface area contributed by atoms with Gasteiger partial charge in [-0.2, -0.15) is 0 Å². The maximum Gasteiger partial charge on any atom is 0.805 e. The molecule has 3 rings (SSSR count). The minimum absolute atomic E-state index is 0.191. The Hall–Kier alpha value is -3.78. The molecular weight excluding hydrogens is 426 g/mol. The lowest BCUT2D eigenvalue weighted by Crippen LogP contribution is -1.91. The molecule has 2 unspecified atom stereocenters. The third kappa shape index (κ3) is 6.11. The van der Waals surface area contributed by atoms with Crippen molar-refractivity contribution in [2.24, 2.45) is 4.99 Å². The van der Waals surface area contributed by atoms with Crippen LogP contribution < -0.4 is 18.1 Å². The lowest BCUT2D eigenvalue weighted by Gasteiger charge is -1.97. The van der Waals surface area contributed by atoms with Crippen LogP contribution in [0.2, 0.25) is 0 Å². The Kier molecular flexibility index (Phi) is 7.07. The Labute approximate surface area is 174 Å². The largest absolute Gasteiger partial charge is 0.805 e. The Balaban J connectivity index is 1.56. The van der Waals surface area contributed by atoms with Crippen molar-refractivity contribution in [2.75, 3.05) is 0 Å². The van der Waals surface area contributed by atoms with Crippen molar-refractivity contribution < 1.29 is 27.2 Å². The van der Waals surface area contributed by atoms with Crippen LogP contribution in [-0.2, 0) is 9.13 Å². The van der Waals surface area contributed by atoms with E-state index in [9.17, 15) is 9.13 Å². The Morgan fingerprint density at radius 2 is 1.20 bits per heavy atom. The van der Waals surface area contributed by atoms with Gasteiger partial charge in [-0.15, -0.1) is 0 Å². The van der Waals surface area contributed by atoms with Crippen LogP contribution in [0.25, 0.3) is 4.85 Å². The van der Waals surface area contributed by atoms with E-state index < -0.39 is 16.5 Å². The third-order valence-electron chi connectivity index (χ3n) is 3.51. The smallest absolute Gasteiger partial charge is 0.265 e. The molecule has 0 amide bonds. The quantitative estimate of drug-likeness (QED) is 0.207. The highest BCUT2D eigenvalue weighted by atomic mass is 31.1. The van der Waals surface area contributed by atoms with Gasteiger partial charge in [-0.25, -0.2) is 22.9 Å². The number of rotatable bonds is 9. The van der Waals surface area contributed by atoms with Crippen LogP contribution in [0.15, 0.2) is 77.8 Å². The SMILES string of the molecule is [C-]#[N+]c1ccc(O[P+](=O)Oc2cccc(O[P+](=O)Oc3ccc(N=C)cc3)c2)cc1. The second-order valence-corrected chi connectivity index (χ2v) is 7.17. The second-order valence-electron chi connectivity index (χ2n) is 5.54. The summed E-state index contributed by atoms with van der Waals surface area (Å²) < 4.78 is 45.0. The second kappa shape index (κ2) is 10.1. The summed E-state index contributed by atoms with van der Waals surface area (Å²) in [6.07, 6.45) is 0. The summed E-state index contributed by atoms with van der Waals surface area (Å²) in [5.74, 6) is 1.03. The van der Waals surface area contributed by atoms with Crippen LogP contribution in [-0.4, -0.2) is 6.72 Å². The van der Waals surface area contributed by atoms with Gasteiger partial charge in [-0.1, -0.05) is 18.2 Å². The van der Waals surface area contributed by atoms with Crippen molar-refractivity contribution in [3.8, 4) is 23.0 Å². The molecule has 0 aromatic heterocycles. The fourth-order valence-corrected chi connectivity index (χ4v) is 3.40. The van der Waals surface area contributed by atoms with E-state index in [4.69, 9.17) is 24.7 Å². The normalized spacial score (nSPS) is 10.9. The summed E-state index contributed by atoms with van der Waals surface area (Å²) in [5.41, 5.74) is 1.09. The Bertz CT molecular complexity index is 1110. The predicted molar refractivity (Wildman–Crippen MR) is 113 cm³/mol. The topological polar surface area (TPSA) is 87.8 Å². The van der Waals surface area contributed by atoms with E-state index in [2.05, 4.69) is 16.6 Å². The lowest BCUT2D eigenvalue weighted by atomic mass is 10.3. The molecule has 0 aliphatic heterocycles. The minimum atomic E-state index is -2.53. The first kappa shape index (κ1) is 20.9.